The van der Waals surface area contributed by atoms with Gasteiger partial charge < -0.3 is 0 Å². The van der Waals surface area contributed by atoms with Crippen molar-refractivity contribution in [1.29, 1.82) is 0 Å². The van der Waals surface area contributed by atoms with Crippen molar-refractivity contribution in [3.63, 3.8) is 0 Å². The zero-order chi connectivity index (χ0) is 17.4. The molecule has 1 rings (SSSR count). The van der Waals surface area contributed by atoms with E-state index in [9.17, 15) is 0 Å². The van der Waals surface area contributed by atoms with Crippen molar-refractivity contribution in [3.8, 4) is 0 Å². The summed E-state index contributed by atoms with van der Waals surface area (Å²) in [4.78, 5) is 0. The summed E-state index contributed by atoms with van der Waals surface area (Å²) in [6.07, 6.45) is 2.49. The van der Waals surface area contributed by atoms with Crippen LogP contribution >= 0.6 is 0 Å². The minimum absolute atomic E-state index is 1.20. The molecule has 0 aliphatic carbocycles. The van der Waals surface area contributed by atoms with Crippen molar-refractivity contribution < 1.29 is 0 Å². The zero-order valence-electron chi connectivity index (χ0n) is 16.5. The third-order valence-corrected chi connectivity index (χ3v) is 76.2. The van der Waals surface area contributed by atoms with Gasteiger partial charge in [-0.25, -0.2) is 0 Å². The lowest BCUT2D eigenvalue weighted by atomic mass is 10.2. The molecule has 124 valence electrons. The normalized spacial score (nSPS) is 14.6. The van der Waals surface area contributed by atoms with Gasteiger partial charge in [0.15, 0.2) is 0 Å². The topological polar surface area (TPSA) is 0 Å². The van der Waals surface area contributed by atoms with Crippen LogP contribution in [0.1, 0.15) is 11.1 Å². The summed E-state index contributed by atoms with van der Waals surface area (Å²) < 4.78 is 0. The summed E-state index contributed by atoms with van der Waals surface area (Å²) in [7, 11) is -3.59. The van der Waals surface area contributed by atoms with E-state index in [1.165, 1.54) is 11.1 Å². The van der Waals surface area contributed by atoms with Gasteiger partial charge in [-0.1, -0.05) is 94.8 Å². The third-order valence-electron chi connectivity index (χ3n) is 5.15. The Morgan fingerprint density at radius 1 is 0.636 bits per heavy atom. The first-order valence-corrected chi connectivity index (χ1v) is 24.1. The van der Waals surface area contributed by atoms with Crippen LogP contribution in [0.25, 0.3) is 6.08 Å². The van der Waals surface area contributed by atoms with E-state index in [1.54, 1.807) is 0 Å². The first kappa shape index (κ1) is 19.9. The van der Waals surface area contributed by atoms with Gasteiger partial charge in [0.25, 0.3) is 0 Å². The molecule has 0 saturated heterocycles. The van der Waals surface area contributed by atoms with Crippen LogP contribution in [0.2, 0.25) is 58.9 Å². The van der Waals surface area contributed by atoms with Crippen LogP contribution in [0.15, 0.2) is 30.0 Å². The quantitative estimate of drug-likeness (QED) is 0.542. The molecule has 0 amide bonds. The van der Waals surface area contributed by atoms with Crippen LogP contribution in [-0.4, -0.2) is 29.4 Å². The van der Waals surface area contributed by atoms with Crippen LogP contribution in [-0.2, 0) is 0 Å². The Morgan fingerprint density at radius 3 is 1.32 bits per heavy atom. The molecule has 1 aromatic carbocycles. The molecule has 0 spiro atoms. The Kier molecular flexibility index (Phi) is 5.76. The molecule has 22 heavy (non-hydrogen) atoms. The molecular weight excluding hydrogens is 329 g/mol. The van der Waals surface area contributed by atoms with Crippen LogP contribution in [0.4, 0.5) is 0 Å². The Hall–Kier alpha value is -0.172. The lowest BCUT2D eigenvalue weighted by Gasteiger charge is -2.55. The second kappa shape index (κ2) is 6.38. The van der Waals surface area contributed by atoms with Gasteiger partial charge >= 0.3 is 0 Å². The van der Waals surface area contributed by atoms with Crippen molar-refractivity contribution in [2.24, 2.45) is 0 Å². The van der Waals surface area contributed by atoms with Crippen molar-refractivity contribution >= 4 is 35.5 Å². The highest BCUT2D eigenvalue weighted by Crippen LogP contribution is 2.38. The van der Waals surface area contributed by atoms with E-state index < -0.39 is 29.4 Å². The van der Waals surface area contributed by atoms with Crippen LogP contribution < -0.4 is 0 Å². The Morgan fingerprint density at radius 2 is 1.00 bits per heavy atom. The monoisotopic (exact) mass is 364 g/mol. The Labute approximate surface area is 142 Å². The number of benzene rings is 1. The minimum atomic E-state index is -1.36. The van der Waals surface area contributed by atoms with E-state index in [0.717, 1.165) is 0 Å². The maximum Gasteiger partial charge on any atom is 0.0598 e. The number of hydrogen-bond acceptors (Lipinski definition) is 0. The fraction of sp³-hybridized carbons (Fsp3) is 0.556. The first-order chi connectivity index (χ1) is 9.72. The van der Waals surface area contributed by atoms with E-state index in [2.05, 4.69) is 102 Å². The van der Waals surface area contributed by atoms with Crippen molar-refractivity contribution in [2.45, 2.75) is 65.8 Å². The number of hydrogen-bond donors (Lipinski definition) is 0. The van der Waals surface area contributed by atoms with Gasteiger partial charge in [0.2, 0.25) is 0 Å². The fourth-order valence-corrected chi connectivity index (χ4v) is 100.0. The fourth-order valence-electron chi connectivity index (χ4n) is 5.02. The second-order valence-corrected chi connectivity index (χ2v) is 50.3. The molecule has 0 aromatic heterocycles. The predicted molar refractivity (Wildman–Crippen MR) is 116 cm³/mol. The highest BCUT2D eigenvalue weighted by molar-refractivity contribution is 7.90. The highest BCUT2D eigenvalue weighted by atomic mass is 29.9. The van der Waals surface area contributed by atoms with Crippen LogP contribution in [0, 0.1) is 6.92 Å². The summed E-state index contributed by atoms with van der Waals surface area (Å²) in [5.41, 5.74) is 5.54. The van der Waals surface area contributed by atoms with E-state index in [4.69, 9.17) is 0 Å². The SMILES string of the molecule is Cc1ccc(/C=C\[Si]([Si](C)(C)C)([Si](C)(C)C)[Si](C)(C)C)cc1. The summed E-state index contributed by atoms with van der Waals surface area (Å²) in [5, 5.41) is 0. The molecule has 1 aromatic rings. The van der Waals surface area contributed by atoms with Crippen LogP contribution in [0.5, 0.6) is 0 Å². The first-order valence-electron chi connectivity index (χ1n) is 8.48. The average Bonchev–Trinajstić information content (AvgIpc) is 2.26. The van der Waals surface area contributed by atoms with Crippen molar-refractivity contribution in [2.75, 3.05) is 0 Å². The standard InChI is InChI=1S/C18H36Si4/c1-17-11-13-18(14-12-17)15-16-22(19(2,3)4,20(5,6)7)21(8,9)10/h11-16H,1-10H3/b16-15-. The average molecular weight is 365 g/mol. The minimum Gasteiger partial charge on any atom is -0.101 e. The molecule has 0 aliphatic heterocycles. The molecule has 0 saturated carbocycles. The van der Waals surface area contributed by atoms with Gasteiger partial charge in [0.05, 0.1) is 6.63 Å². The molecule has 0 radical (unpaired) electrons. The third kappa shape index (κ3) is 3.83. The molecule has 0 fully saturated rings. The predicted octanol–water partition coefficient (Wildman–Crippen LogP) is 6.25. The van der Waals surface area contributed by atoms with E-state index in [1.807, 2.05) is 0 Å². The zero-order valence-corrected chi connectivity index (χ0v) is 20.5. The number of rotatable bonds is 5. The van der Waals surface area contributed by atoms with Gasteiger partial charge in [-0.3, -0.25) is 0 Å². The van der Waals surface area contributed by atoms with Gasteiger partial charge in [-0.05, 0) is 12.5 Å². The second-order valence-electron chi connectivity index (χ2n) is 9.80. The number of aryl methyl sites for hydroxylation is 1. The molecule has 0 heterocycles. The van der Waals surface area contributed by atoms with E-state index in [-0.39, 0.29) is 0 Å². The van der Waals surface area contributed by atoms with Gasteiger partial charge in [-0.15, -0.1) is 5.70 Å². The molecule has 0 aliphatic rings. The summed E-state index contributed by atoms with van der Waals surface area (Å²) in [6, 6.07) is 9.04. The molecule has 0 bridgehead atoms. The Balaban J connectivity index is 3.48. The Bertz CT molecular complexity index is 486. The molecule has 0 nitrogen and oxygen atoms in total. The maximum atomic E-state index is 2.81. The van der Waals surface area contributed by atoms with Gasteiger partial charge in [0, 0.05) is 22.8 Å². The van der Waals surface area contributed by atoms with Crippen molar-refractivity contribution in [1.82, 2.24) is 0 Å². The van der Waals surface area contributed by atoms with E-state index >= 15 is 0 Å². The summed E-state index contributed by atoms with van der Waals surface area (Å²) >= 11 is 0. The molecule has 0 N–H and O–H groups in total. The van der Waals surface area contributed by atoms with Crippen molar-refractivity contribution in [3.05, 3.63) is 41.1 Å². The van der Waals surface area contributed by atoms with E-state index in [0.29, 0.717) is 0 Å². The highest BCUT2D eigenvalue weighted by Gasteiger charge is 2.59. The maximum absolute atomic E-state index is 2.81. The molecular formula is C18H36Si4. The molecule has 0 unspecified atom stereocenters. The van der Waals surface area contributed by atoms with Gasteiger partial charge in [-0.2, -0.15) is 0 Å². The van der Waals surface area contributed by atoms with Gasteiger partial charge in [0.1, 0.15) is 0 Å². The molecule has 4 heteroatoms. The summed E-state index contributed by atoms with van der Waals surface area (Å²) in [6.45, 7) is 24.6. The largest absolute Gasteiger partial charge is 0.101 e. The smallest absolute Gasteiger partial charge is 0.0598 e. The lowest BCUT2D eigenvalue weighted by Crippen LogP contribution is -2.81. The molecule has 0 atom stereocenters. The lowest BCUT2D eigenvalue weighted by molar-refractivity contribution is 1.46. The van der Waals surface area contributed by atoms with Crippen LogP contribution in [0.3, 0.4) is 0 Å². The summed E-state index contributed by atoms with van der Waals surface area (Å²) in [5.74, 6) is 0.